The Hall–Kier alpha value is -2.84. The van der Waals surface area contributed by atoms with Crippen LogP contribution in [-0.4, -0.2) is 42.4 Å². The number of rotatable bonds is 7. The van der Waals surface area contributed by atoms with E-state index in [-0.39, 0.29) is 13.0 Å². The fourth-order valence-corrected chi connectivity index (χ4v) is 2.30. The molecule has 0 aliphatic heterocycles. The van der Waals surface area contributed by atoms with E-state index in [2.05, 4.69) is 5.32 Å². The summed E-state index contributed by atoms with van der Waals surface area (Å²) < 4.78 is 9.84. The van der Waals surface area contributed by atoms with Gasteiger partial charge in [0.05, 0.1) is 7.11 Å². The average molecular weight is 356 g/mol. The first-order valence-electron chi connectivity index (χ1n) is 7.99. The number of carbonyl (C=O) groups is 2. The van der Waals surface area contributed by atoms with Crippen LogP contribution in [0.2, 0.25) is 0 Å². The minimum Gasteiger partial charge on any atom is -0.467 e. The number of hydrogen-bond donors (Lipinski definition) is 3. The smallest absolute Gasteiger partial charge is 0.467 e. The number of benzene rings is 2. The highest BCUT2D eigenvalue weighted by Crippen LogP contribution is 2.06. The highest BCUT2D eigenvalue weighted by atomic mass is 16.6. The van der Waals surface area contributed by atoms with Gasteiger partial charge in [-0.3, -0.25) is 0 Å². The van der Waals surface area contributed by atoms with Gasteiger partial charge in [-0.25, -0.2) is 9.59 Å². The lowest BCUT2D eigenvalue weighted by molar-refractivity contribution is -0.143. The summed E-state index contributed by atoms with van der Waals surface area (Å²) >= 11 is 0. The molecule has 0 unspecified atom stereocenters. The summed E-state index contributed by atoms with van der Waals surface area (Å²) in [5.41, 5.74) is 1.88. The molecule has 7 nitrogen and oxygen atoms in total. The summed E-state index contributed by atoms with van der Waals surface area (Å²) in [4.78, 5) is 23.9. The molecule has 0 aliphatic carbocycles. The molecule has 0 heterocycles. The zero-order valence-corrected chi connectivity index (χ0v) is 14.3. The monoisotopic (exact) mass is 356 g/mol. The summed E-state index contributed by atoms with van der Waals surface area (Å²) in [5.74, 6) is -0.604. The van der Waals surface area contributed by atoms with Crippen LogP contribution in [0.25, 0.3) is 0 Å². The SMILES string of the molecule is COC(=O)[C@H](Cc1ccc([10B](O)O)cc1)NC(=O)OCc1ccccc1. The number of amides is 1. The zero-order valence-electron chi connectivity index (χ0n) is 14.3. The largest absolute Gasteiger partial charge is 0.488 e. The molecule has 8 heteroatoms. The number of carbonyl (C=O) groups excluding carboxylic acids is 2. The van der Waals surface area contributed by atoms with Crippen LogP contribution in [0.1, 0.15) is 11.1 Å². The first-order valence-corrected chi connectivity index (χ1v) is 7.99. The molecular formula is C18H20BNO6. The van der Waals surface area contributed by atoms with E-state index in [1.807, 2.05) is 30.3 Å². The zero-order chi connectivity index (χ0) is 18.9. The first kappa shape index (κ1) is 19.5. The minimum absolute atomic E-state index is 0.0870. The van der Waals surface area contributed by atoms with Gasteiger partial charge < -0.3 is 24.8 Å². The molecule has 0 bridgehead atoms. The van der Waals surface area contributed by atoms with Gasteiger partial charge in [0, 0.05) is 6.42 Å². The third kappa shape index (κ3) is 5.91. The highest BCUT2D eigenvalue weighted by molar-refractivity contribution is 6.58. The maximum Gasteiger partial charge on any atom is 0.488 e. The van der Waals surface area contributed by atoms with Gasteiger partial charge in [0.25, 0.3) is 0 Å². The van der Waals surface area contributed by atoms with Crippen molar-refractivity contribution < 1.29 is 29.1 Å². The second-order valence-electron chi connectivity index (χ2n) is 5.60. The normalized spacial score (nSPS) is 11.3. The third-order valence-corrected chi connectivity index (χ3v) is 3.71. The van der Waals surface area contributed by atoms with Gasteiger partial charge in [0.2, 0.25) is 0 Å². The number of esters is 1. The van der Waals surface area contributed by atoms with Crippen molar-refractivity contribution in [3.8, 4) is 0 Å². The number of methoxy groups -OCH3 is 1. The Morgan fingerprint density at radius 3 is 2.27 bits per heavy atom. The van der Waals surface area contributed by atoms with Crippen LogP contribution in [0.4, 0.5) is 4.79 Å². The van der Waals surface area contributed by atoms with Crippen molar-refractivity contribution in [3.63, 3.8) is 0 Å². The molecule has 2 aromatic carbocycles. The quantitative estimate of drug-likeness (QED) is 0.489. The number of nitrogens with one attached hydrogen (secondary N) is 1. The summed E-state index contributed by atoms with van der Waals surface area (Å²) in [6, 6.07) is 14.6. The second kappa shape index (κ2) is 9.60. The van der Waals surface area contributed by atoms with E-state index in [1.54, 1.807) is 12.1 Å². The molecule has 0 spiro atoms. The molecular weight excluding hydrogens is 336 g/mol. The van der Waals surface area contributed by atoms with Gasteiger partial charge in [-0.2, -0.15) is 0 Å². The van der Waals surface area contributed by atoms with E-state index >= 15 is 0 Å². The number of hydrogen-bond acceptors (Lipinski definition) is 6. The van der Waals surface area contributed by atoms with E-state index in [4.69, 9.17) is 19.5 Å². The van der Waals surface area contributed by atoms with Crippen molar-refractivity contribution in [2.24, 2.45) is 0 Å². The predicted octanol–water partition coefficient (Wildman–Crippen LogP) is 0.377. The van der Waals surface area contributed by atoms with Crippen molar-refractivity contribution in [1.29, 1.82) is 0 Å². The fraction of sp³-hybridized carbons (Fsp3) is 0.222. The van der Waals surface area contributed by atoms with Gasteiger partial charge in [0.1, 0.15) is 12.6 Å². The molecule has 3 N–H and O–H groups in total. The number of alkyl carbamates (subject to hydrolysis) is 1. The van der Waals surface area contributed by atoms with Crippen LogP contribution in [0.15, 0.2) is 54.6 Å². The minimum atomic E-state index is -1.56. The van der Waals surface area contributed by atoms with Crippen molar-refractivity contribution in [3.05, 3.63) is 65.7 Å². The molecule has 0 saturated carbocycles. The summed E-state index contributed by atoms with van der Waals surface area (Å²) in [6.07, 6.45) is -0.554. The number of ether oxygens (including phenoxy) is 2. The lowest BCUT2D eigenvalue weighted by Gasteiger charge is -2.17. The summed E-state index contributed by atoms with van der Waals surface area (Å²) in [6.45, 7) is 0.0870. The van der Waals surface area contributed by atoms with Crippen molar-refractivity contribution in [1.82, 2.24) is 5.32 Å². The van der Waals surface area contributed by atoms with Crippen LogP contribution >= 0.6 is 0 Å². The predicted molar refractivity (Wildman–Crippen MR) is 95.5 cm³/mol. The summed E-state index contributed by atoms with van der Waals surface area (Å²) in [7, 11) is -0.330. The first-order chi connectivity index (χ1) is 12.5. The fourth-order valence-electron chi connectivity index (χ4n) is 2.30. The molecule has 2 aromatic rings. The van der Waals surface area contributed by atoms with Crippen LogP contribution in [-0.2, 0) is 27.3 Å². The standard InChI is InChI=1S/C18H20BNO6/c1-25-17(21)16(11-13-7-9-15(10-8-13)19(23)24)20-18(22)26-12-14-5-3-2-4-6-14/h2-10,16,23-24H,11-12H2,1H3,(H,20,22)/t16-/m0/s1/i19-1. The van der Waals surface area contributed by atoms with Gasteiger partial charge in [-0.1, -0.05) is 54.6 Å². The second-order valence-corrected chi connectivity index (χ2v) is 5.60. The lowest BCUT2D eigenvalue weighted by Crippen LogP contribution is -2.43. The van der Waals surface area contributed by atoms with E-state index in [0.717, 1.165) is 5.56 Å². The molecule has 0 fully saturated rings. The molecule has 0 aromatic heterocycles. The van der Waals surface area contributed by atoms with Crippen LogP contribution in [0.5, 0.6) is 0 Å². The van der Waals surface area contributed by atoms with E-state index in [0.29, 0.717) is 11.0 Å². The van der Waals surface area contributed by atoms with Crippen molar-refractivity contribution in [2.75, 3.05) is 7.11 Å². The molecule has 1 amide bonds. The Labute approximate surface area is 151 Å². The maximum atomic E-state index is 12.0. The van der Waals surface area contributed by atoms with E-state index in [9.17, 15) is 9.59 Å². The van der Waals surface area contributed by atoms with Crippen LogP contribution in [0, 0.1) is 0 Å². The Morgan fingerprint density at radius 2 is 1.69 bits per heavy atom. The summed E-state index contributed by atoms with van der Waals surface area (Å²) in [5, 5.41) is 20.7. The Balaban J connectivity index is 1.95. The lowest BCUT2D eigenvalue weighted by atomic mass is 9.26. The Kier molecular flexibility index (Phi) is 7.19. The van der Waals surface area contributed by atoms with Gasteiger partial charge >= 0.3 is 19.2 Å². The molecule has 0 saturated heterocycles. The Morgan fingerprint density at radius 1 is 1.04 bits per heavy atom. The third-order valence-electron chi connectivity index (χ3n) is 3.71. The topological polar surface area (TPSA) is 105 Å². The van der Waals surface area contributed by atoms with E-state index < -0.39 is 25.2 Å². The molecule has 136 valence electrons. The van der Waals surface area contributed by atoms with Gasteiger partial charge in [0.15, 0.2) is 0 Å². The molecule has 0 radical (unpaired) electrons. The van der Waals surface area contributed by atoms with Gasteiger partial charge in [-0.15, -0.1) is 0 Å². The van der Waals surface area contributed by atoms with Crippen LogP contribution in [0.3, 0.4) is 0 Å². The average Bonchev–Trinajstić information content (AvgIpc) is 2.66. The maximum absolute atomic E-state index is 12.0. The van der Waals surface area contributed by atoms with Crippen molar-refractivity contribution >= 4 is 24.6 Å². The highest BCUT2D eigenvalue weighted by Gasteiger charge is 2.23. The van der Waals surface area contributed by atoms with Gasteiger partial charge in [-0.05, 0) is 16.6 Å². The molecule has 2 rings (SSSR count). The molecule has 26 heavy (non-hydrogen) atoms. The van der Waals surface area contributed by atoms with Crippen molar-refractivity contribution in [2.45, 2.75) is 19.1 Å². The molecule has 0 aliphatic rings. The Bertz CT molecular complexity index is 720. The molecule has 1 atom stereocenters. The van der Waals surface area contributed by atoms with Crippen LogP contribution < -0.4 is 10.8 Å². The van der Waals surface area contributed by atoms with E-state index in [1.165, 1.54) is 19.2 Å².